The van der Waals surface area contributed by atoms with Crippen molar-refractivity contribution in [1.82, 2.24) is 10.3 Å². The van der Waals surface area contributed by atoms with Crippen LogP contribution in [-0.2, 0) is 17.7 Å². The van der Waals surface area contributed by atoms with Crippen molar-refractivity contribution in [1.29, 1.82) is 0 Å². The van der Waals surface area contributed by atoms with Crippen LogP contribution in [0.25, 0.3) is 10.9 Å². The van der Waals surface area contributed by atoms with Crippen LogP contribution in [-0.4, -0.2) is 30.5 Å². The van der Waals surface area contributed by atoms with Crippen molar-refractivity contribution in [2.24, 2.45) is 0 Å². The number of ether oxygens (including phenoxy) is 1. The predicted octanol–water partition coefficient (Wildman–Crippen LogP) is 5.38. The van der Waals surface area contributed by atoms with Crippen molar-refractivity contribution in [3.8, 4) is 0 Å². The molecule has 0 saturated carbocycles. The van der Waals surface area contributed by atoms with E-state index in [1.54, 1.807) is 12.1 Å². The Bertz CT molecular complexity index is 1450. The average Bonchev–Trinajstić information content (AvgIpc) is 3.29. The van der Waals surface area contributed by atoms with E-state index in [0.717, 1.165) is 46.4 Å². The van der Waals surface area contributed by atoms with Crippen molar-refractivity contribution < 1.29 is 14.3 Å². The zero-order valence-corrected chi connectivity index (χ0v) is 20.7. The van der Waals surface area contributed by atoms with Gasteiger partial charge in [0.1, 0.15) is 0 Å². The monoisotopic (exact) mass is 479 g/mol. The SMILES string of the molecule is COC(=O)c1ccc([C@H](C)NC(=O)c2cc(C)cc3c2N(Cc2ccc4ccccc4n2)CC3)cc1. The lowest BCUT2D eigenvalue weighted by Crippen LogP contribution is -2.29. The third kappa shape index (κ3) is 4.67. The zero-order valence-electron chi connectivity index (χ0n) is 20.7. The number of para-hydroxylation sites is 1. The molecule has 6 nitrogen and oxygen atoms in total. The number of anilines is 1. The summed E-state index contributed by atoms with van der Waals surface area (Å²) >= 11 is 0. The summed E-state index contributed by atoms with van der Waals surface area (Å²) in [5.74, 6) is -0.493. The third-order valence-corrected chi connectivity index (χ3v) is 6.73. The molecule has 1 aliphatic heterocycles. The molecular formula is C30H29N3O3. The predicted molar refractivity (Wildman–Crippen MR) is 141 cm³/mol. The minimum Gasteiger partial charge on any atom is -0.465 e. The van der Waals surface area contributed by atoms with Gasteiger partial charge in [0.15, 0.2) is 0 Å². The van der Waals surface area contributed by atoms with Gasteiger partial charge in [0.2, 0.25) is 0 Å². The lowest BCUT2D eigenvalue weighted by molar-refractivity contribution is 0.0600. The van der Waals surface area contributed by atoms with Crippen LogP contribution in [0.4, 0.5) is 5.69 Å². The summed E-state index contributed by atoms with van der Waals surface area (Å²) in [4.78, 5) is 32.3. The number of carbonyl (C=O) groups is 2. The molecule has 0 fully saturated rings. The summed E-state index contributed by atoms with van der Waals surface area (Å²) < 4.78 is 4.77. The number of fused-ring (bicyclic) bond motifs is 2. The molecule has 1 N–H and O–H groups in total. The lowest BCUT2D eigenvalue weighted by atomic mass is 10.0. The van der Waals surface area contributed by atoms with E-state index in [1.807, 2.05) is 50.2 Å². The summed E-state index contributed by atoms with van der Waals surface area (Å²) in [6.45, 7) is 5.46. The first-order valence-electron chi connectivity index (χ1n) is 12.1. The number of carbonyl (C=O) groups excluding carboxylic acids is 2. The van der Waals surface area contributed by atoms with Crippen molar-refractivity contribution in [2.75, 3.05) is 18.6 Å². The number of esters is 1. The number of rotatable bonds is 6. The van der Waals surface area contributed by atoms with Gasteiger partial charge in [0, 0.05) is 11.9 Å². The first-order valence-corrected chi connectivity index (χ1v) is 12.1. The molecule has 2 heterocycles. The van der Waals surface area contributed by atoms with Gasteiger partial charge in [-0.1, -0.05) is 42.5 Å². The largest absolute Gasteiger partial charge is 0.465 e. The number of nitrogens with zero attached hydrogens (tertiary/aromatic N) is 2. The molecule has 0 spiro atoms. The molecule has 3 aromatic carbocycles. The van der Waals surface area contributed by atoms with Crippen LogP contribution in [0.5, 0.6) is 0 Å². The van der Waals surface area contributed by atoms with Gasteiger partial charge >= 0.3 is 5.97 Å². The van der Waals surface area contributed by atoms with Crippen LogP contribution in [0, 0.1) is 6.92 Å². The first-order chi connectivity index (χ1) is 17.4. The van der Waals surface area contributed by atoms with Gasteiger partial charge < -0.3 is 15.0 Å². The van der Waals surface area contributed by atoms with Crippen LogP contribution in [0.15, 0.2) is 72.8 Å². The molecule has 0 bridgehead atoms. The second-order valence-corrected chi connectivity index (χ2v) is 9.30. The molecule has 6 heteroatoms. The normalized spacial score (nSPS) is 13.4. The second-order valence-electron chi connectivity index (χ2n) is 9.30. The van der Waals surface area contributed by atoms with Crippen LogP contribution in [0.2, 0.25) is 0 Å². The Morgan fingerprint density at radius 3 is 2.61 bits per heavy atom. The Hall–Kier alpha value is -4.19. The number of methoxy groups -OCH3 is 1. The van der Waals surface area contributed by atoms with E-state index >= 15 is 0 Å². The highest BCUT2D eigenvalue weighted by Crippen LogP contribution is 2.34. The van der Waals surface area contributed by atoms with Crippen LogP contribution in [0.1, 0.15) is 56.1 Å². The molecule has 1 aromatic heterocycles. The summed E-state index contributed by atoms with van der Waals surface area (Å²) in [5, 5.41) is 4.26. The summed E-state index contributed by atoms with van der Waals surface area (Å²) in [7, 11) is 1.36. The van der Waals surface area contributed by atoms with Crippen molar-refractivity contribution in [3.05, 3.63) is 106 Å². The number of amides is 1. The highest BCUT2D eigenvalue weighted by atomic mass is 16.5. The first kappa shape index (κ1) is 23.5. The molecule has 182 valence electrons. The quantitative estimate of drug-likeness (QED) is 0.376. The van der Waals surface area contributed by atoms with Gasteiger partial charge in [-0.05, 0) is 67.3 Å². The number of benzene rings is 3. The minimum absolute atomic E-state index is 0.113. The van der Waals surface area contributed by atoms with Crippen molar-refractivity contribution >= 4 is 28.5 Å². The molecule has 0 aliphatic carbocycles. The Balaban J connectivity index is 1.38. The van der Waals surface area contributed by atoms with Gasteiger partial charge in [-0.25, -0.2) is 4.79 Å². The fraction of sp³-hybridized carbons (Fsp3) is 0.233. The molecule has 4 aromatic rings. The van der Waals surface area contributed by atoms with Crippen molar-refractivity contribution in [3.63, 3.8) is 0 Å². The van der Waals surface area contributed by atoms with Crippen molar-refractivity contribution in [2.45, 2.75) is 32.9 Å². The number of hydrogen-bond acceptors (Lipinski definition) is 5. The molecule has 0 unspecified atom stereocenters. The molecule has 36 heavy (non-hydrogen) atoms. The number of aryl methyl sites for hydroxylation is 1. The molecule has 1 aliphatic rings. The number of hydrogen-bond donors (Lipinski definition) is 1. The maximum absolute atomic E-state index is 13.5. The topological polar surface area (TPSA) is 71.5 Å². The highest BCUT2D eigenvalue weighted by molar-refractivity contribution is 6.01. The van der Waals surface area contributed by atoms with Crippen LogP contribution < -0.4 is 10.2 Å². The van der Waals surface area contributed by atoms with E-state index in [2.05, 4.69) is 34.5 Å². The van der Waals surface area contributed by atoms with Gasteiger partial charge in [-0.3, -0.25) is 9.78 Å². The second kappa shape index (κ2) is 9.82. The van der Waals surface area contributed by atoms with E-state index in [0.29, 0.717) is 17.7 Å². The highest BCUT2D eigenvalue weighted by Gasteiger charge is 2.27. The van der Waals surface area contributed by atoms with E-state index in [9.17, 15) is 9.59 Å². The fourth-order valence-electron chi connectivity index (χ4n) is 4.89. The summed E-state index contributed by atoms with van der Waals surface area (Å²) in [5.41, 5.74) is 7.28. The van der Waals surface area contributed by atoms with E-state index in [4.69, 9.17) is 9.72 Å². The molecule has 5 rings (SSSR count). The van der Waals surface area contributed by atoms with E-state index in [-0.39, 0.29) is 17.9 Å². The third-order valence-electron chi connectivity index (χ3n) is 6.73. The Labute approximate surface area is 210 Å². The van der Waals surface area contributed by atoms with Gasteiger partial charge in [-0.15, -0.1) is 0 Å². The fourth-order valence-corrected chi connectivity index (χ4v) is 4.89. The van der Waals surface area contributed by atoms with Crippen LogP contribution in [0.3, 0.4) is 0 Å². The molecule has 1 amide bonds. The maximum Gasteiger partial charge on any atom is 0.337 e. The number of aromatic nitrogens is 1. The summed E-state index contributed by atoms with van der Waals surface area (Å²) in [6.07, 6.45) is 0.898. The Kier molecular flexibility index (Phi) is 6.42. The molecule has 0 radical (unpaired) electrons. The van der Waals surface area contributed by atoms with Gasteiger partial charge in [-0.2, -0.15) is 0 Å². The summed E-state index contributed by atoms with van der Waals surface area (Å²) in [6, 6.07) is 23.3. The number of nitrogens with one attached hydrogen (secondary N) is 1. The van der Waals surface area contributed by atoms with E-state index < -0.39 is 0 Å². The standard InChI is InChI=1S/C30H29N3O3/c1-19-16-24-14-15-33(18-25-13-12-22-6-4-5-7-27(22)32-25)28(24)26(17-19)29(34)31-20(2)21-8-10-23(11-9-21)30(35)36-3/h4-13,16-17,20H,14-15,18H2,1-3H3,(H,31,34)/t20-/m0/s1. The molecule has 1 atom stereocenters. The smallest absolute Gasteiger partial charge is 0.337 e. The van der Waals surface area contributed by atoms with Gasteiger partial charge in [0.05, 0.1) is 47.7 Å². The van der Waals surface area contributed by atoms with Gasteiger partial charge in [0.25, 0.3) is 5.91 Å². The average molecular weight is 480 g/mol. The minimum atomic E-state index is -0.380. The maximum atomic E-state index is 13.5. The number of pyridine rings is 1. The Morgan fingerprint density at radius 1 is 1.06 bits per heavy atom. The van der Waals surface area contributed by atoms with Crippen LogP contribution >= 0.6 is 0 Å². The Morgan fingerprint density at radius 2 is 1.83 bits per heavy atom. The molecule has 0 saturated heterocycles. The lowest BCUT2D eigenvalue weighted by Gasteiger charge is -2.23. The molecular weight excluding hydrogens is 450 g/mol. The zero-order chi connectivity index (χ0) is 25.2. The van der Waals surface area contributed by atoms with E-state index in [1.165, 1.54) is 12.7 Å².